The highest BCUT2D eigenvalue weighted by molar-refractivity contribution is 7.90. The van der Waals surface area contributed by atoms with E-state index in [1.165, 1.54) is 4.31 Å². The zero-order chi connectivity index (χ0) is 19.6. The fraction of sp³-hybridized carbons (Fsp3) is 0.529. The fourth-order valence-electron chi connectivity index (χ4n) is 3.03. The van der Waals surface area contributed by atoms with Crippen LogP contribution in [0.4, 0.5) is 14.5 Å². The first-order chi connectivity index (χ1) is 12.8. The SMILES string of the molecule is O=C(NCC1CCN(S(=O)(=O)C2CC2)CC1)C(=O)Nc1cc(F)ccc1F. The number of halogens is 2. The van der Waals surface area contributed by atoms with Crippen molar-refractivity contribution in [1.82, 2.24) is 9.62 Å². The molecular weight excluding hydrogens is 380 g/mol. The number of nitrogens with one attached hydrogen (secondary N) is 2. The molecule has 7 nitrogen and oxygen atoms in total. The molecule has 1 saturated carbocycles. The zero-order valence-corrected chi connectivity index (χ0v) is 15.4. The summed E-state index contributed by atoms with van der Waals surface area (Å²) < 4.78 is 52.5. The average molecular weight is 401 g/mol. The summed E-state index contributed by atoms with van der Waals surface area (Å²) in [5.41, 5.74) is -0.409. The molecule has 1 aromatic rings. The predicted molar refractivity (Wildman–Crippen MR) is 94.2 cm³/mol. The summed E-state index contributed by atoms with van der Waals surface area (Å²) >= 11 is 0. The Balaban J connectivity index is 1.44. The van der Waals surface area contributed by atoms with E-state index in [1.807, 2.05) is 5.32 Å². The minimum Gasteiger partial charge on any atom is -0.348 e. The summed E-state index contributed by atoms with van der Waals surface area (Å²) in [6.07, 6.45) is 2.62. The van der Waals surface area contributed by atoms with Crippen LogP contribution in [0.15, 0.2) is 18.2 Å². The maximum atomic E-state index is 13.5. The van der Waals surface area contributed by atoms with Crippen LogP contribution in [0.25, 0.3) is 0 Å². The molecule has 148 valence electrons. The summed E-state index contributed by atoms with van der Waals surface area (Å²) in [5.74, 6) is -3.57. The Bertz CT molecular complexity index is 835. The summed E-state index contributed by atoms with van der Waals surface area (Å²) in [7, 11) is -3.18. The molecule has 0 atom stereocenters. The minimum atomic E-state index is -3.18. The van der Waals surface area contributed by atoms with Crippen LogP contribution in [-0.4, -0.2) is 49.4 Å². The summed E-state index contributed by atoms with van der Waals surface area (Å²) in [6, 6.07) is 2.55. The van der Waals surface area contributed by atoms with Gasteiger partial charge in [-0.05, 0) is 43.7 Å². The van der Waals surface area contributed by atoms with Gasteiger partial charge in [-0.15, -0.1) is 0 Å². The van der Waals surface area contributed by atoms with E-state index in [2.05, 4.69) is 5.32 Å². The number of hydrogen-bond acceptors (Lipinski definition) is 4. The zero-order valence-electron chi connectivity index (χ0n) is 14.6. The van der Waals surface area contributed by atoms with E-state index in [-0.39, 0.29) is 17.7 Å². The molecule has 3 rings (SSSR count). The monoisotopic (exact) mass is 401 g/mol. The highest BCUT2D eigenvalue weighted by Crippen LogP contribution is 2.33. The molecule has 2 amide bonds. The van der Waals surface area contributed by atoms with E-state index in [0.717, 1.165) is 31.0 Å². The van der Waals surface area contributed by atoms with Crippen molar-refractivity contribution in [3.8, 4) is 0 Å². The van der Waals surface area contributed by atoms with Gasteiger partial charge < -0.3 is 10.6 Å². The Morgan fingerprint density at radius 2 is 1.74 bits per heavy atom. The number of sulfonamides is 1. The molecule has 1 heterocycles. The third kappa shape index (κ3) is 4.81. The standard InChI is InChI=1S/C17H21F2N3O4S/c18-12-1-4-14(19)15(9-12)21-17(24)16(23)20-10-11-5-7-22(8-6-11)27(25,26)13-2-3-13/h1,4,9,11,13H,2-3,5-8,10H2,(H,20,23)(H,21,24). The largest absolute Gasteiger partial charge is 0.348 e. The molecule has 1 aliphatic heterocycles. The third-order valence-electron chi connectivity index (χ3n) is 4.81. The van der Waals surface area contributed by atoms with Crippen LogP contribution in [0, 0.1) is 17.6 Å². The van der Waals surface area contributed by atoms with E-state index in [0.29, 0.717) is 25.9 Å². The Morgan fingerprint density at radius 3 is 2.37 bits per heavy atom. The van der Waals surface area contributed by atoms with E-state index in [4.69, 9.17) is 0 Å². The molecule has 2 N–H and O–H groups in total. The molecular formula is C17H21F2N3O4S. The molecule has 1 saturated heterocycles. The highest BCUT2D eigenvalue weighted by Gasteiger charge is 2.41. The van der Waals surface area contributed by atoms with Crippen LogP contribution < -0.4 is 10.6 Å². The molecule has 0 bridgehead atoms. The Hall–Kier alpha value is -2.07. The molecule has 2 aliphatic rings. The normalized spacial score (nSPS) is 18.9. The van der Waals surface area contributed by atoms with Crippen LogP contribution in [0.3, 0.4) is 0 Å². The summed E-state index contributed by atoms with van der Waals surface area (Å²) in [4.78, 5) is 23.7. The highest BCUT2D eigenvalue weighted by atomic mass is 32.2. The molecule has 27 heavy (non-hydrogen) atoms. The van der Waals surface area contributed by atoms with E-state index < -0.39 is 39.2 Å². The van der Waals surface area contributed by atoms with Gasteiger partial charge >= 0.3 is 11.8 Å². The number of carbonyl (C=O) groups is 2. The lowest BCUT2D eigenvalue weighted by Crippen LogP contribution is -2.44. The number of benzene rings is 1. The molecule has 0 aromatic heterocycles. The first kappa shape index (κ1) is 19.7. The van der Waals surface area contributed by atoms with Crippen LogP contribution in [0.2, 0.25) is 0 Å². The fourth-order valence-corrected chi connectivity index (χ4v) is 4.91. The van der Waals surface area contributed by atoms with Crippen molar-refractivity contribution < 1.29 is 26.8 Å². The van der Waals surface area contributed by atoms with Gasteiger partial charge in [-0.2, -0.15) is 0 Å². The maximum absolute atomic E-state index is 13.5. The number of hydrogen-bond donors (Lipinski definition) is 2. The lowest BCUT2D eigenvalue weighted by molar-refractivity contribution is -0.136. The van der Waals surface area contributed by atoms with Crippen LogP contribution in [-0.2, 0) is 19.6 Å². The Kier molecular flexibility index (Phi) is 5.75. The van der Waals surface area contributed by atoms with Gasteiger partial charge in [0.25, 0.3) is 0 Å². The van der Waals surface area contributed by atoms with Crippen molar-refractivity contribution in [1.29, 1.82) is 0 Å². The molecule has 1 aromatic carbocycles. The number of rotatable bonds is 5. The van der Waals surface area contributed by atoms with Gasteiger partial charge in [-0.3, -0.25) is 9.59 Å². The third-order valence-corrected chi connectivity index (χ3v) is 7.21. The van der Waals surface area contributed by atoms with E-state index >= 15 is 0 Å². The van der Waals surface area contributed by atoms with Gasteiger partial charge in [0.15, 0.2) is 0 Å². The molecule has 0 radical (unpaired) electrons. The number of nitrogens with zero attached hydrogens (tertiary/aromatic N) is 1. The molecule has 10 heteroatoms. The van der Waals surface area contributed by atoms with Crippen LogP contribution >= 0.6 is 0 Å². The van der Waals surface area contributed by atoms with Crippen molar-refractivity contribution in [3.05, 3.63) is 29.8 Å². The van der Waals surface area contributed by atoms with Crippen molar-refractivity contribution in [2.45, 2.75) is 30.9 Å². The second-order valence-electron chi connectivity index (χ2n) is 6.88. The molecule has 0 unspecified atom stereocenters. The first-order valence-electron chi connectivity index (χ1n) is 8.80. The summed E-state index contributed by atoms with van der Waals surface area (Å²) in [6.45, 7) is 1.02. The van der Waals surface area contributed by atoms with E-state index in [9.17, 15) is 26.8 Å². The molecule has 0 spiro atoms. The van der Waals surface area contributed by atoms with Crippen molar-refractivity contribution in [2.24, 2.45) is 5.92 Å². The molecule has 1 aliphatic carbocycles. The smallest absolute Gasteiger partial charge is 0.313 e. The van der Waals surface area contributed by atoms with Crippen molar-refractivity contribution in [3.63, 3.8) is 0 Å². The lowest BCUT2D eigenvalue weighted by atomic mass is 9.98. The van der Waals surface area contributed by atoms with Crippen LogP contribution in [0.5, 0.6) is 0 Å². The van der Waals surface area contributed by atoms with Gasteiger partial charge in [0.1, 0.15) is 11.6 Å². The Morgan fingerprint density at radius 1 is 1.07 bits per heavy atom. The van der Waals surface area contributed by atoms with Gasteiger partial charge in [0, 0.05) is 25.7 Å². The van der Waals surface area contributed by atoms with Crippen molar-refractivity contribution >= 4 is 27.5 Å². The van der Waals surface area contributed by atoms with Crippen molar-refractivity contribution in [2.75, 3.05) is 25.0 Å². The number of amides is 2. The number of piperidine rings is 1. The van der Waals surface area contributed by atoms with Gasteiger partial charge in [-0.1, -0.05) is 0 Å². The van der Waals surface area contributed by atoms with Crippen LogP contribution in [0.1, 0.15) is 25.7 Å². The van der Waals surface area contributed by atoms with E-state index in [1.54, 1.807) is 0 Å². The van der Waals surface area contributed by atoms with Gasteiger partial charge in [0.05, 0.1) is 10.9 Å². The first-order valence-corrected chi connectivity index (χ1v) is 10.3. The topological polar surface area (TPSA) is 95.6 Å². The second-order valence-corrected chi connectivity index (χ2v) is 9.09. The summed E-state index contributed by atoms with van der Waals surface area (Å²) in [5, 5.41) is 4.26. The Labute approximate surface area is 156 Å². The predicted octanol–water partition coefficient (Wildman–Crippen LogP) is 1.22. The quantitative estimate of drug-likeness (QED) is 0.726. The maximum Gasteiger partial charge on any atom is 0.313 e. The lowest BCUT2D eigenvalue weighted by Gasteiger charge is -2.31. The van der Waals surface area contributed by atoms with Gasteiger partial charge in [-0.25, -0.2) is 21.5 Å². The average Bonchev–Trinajstić information content (AvgIpc) is 3.48. The molecule has 2 fully saturated rings. The van der Waals surface area contributed by atoms with Gasteiger partial charge in [0.2, 0.25) is 10.0 Å². The second kappa shape index (κ2) is 7.89. The minimum absolute atomic E-state index is 0.0540. The number of carbonyl (C=O) groups excluding carboxylic acids is 2. The number of anilines is 1.